The Labute approximate surface area is 156 Å². The second-order valence-corrected chi connectivity index (χ2v) is 7.87. The van der Waals surface area contributed by atoms with E-state index in [0.29, 0.717) is 17.6 Å². The number of imidazole rings is 1. The molecule has 27 heavy (non-hydrogen) atoms. The maximum atomic E-state index is 11.9. The Hall–Kier alpha value is -2.30. The molecule has 148 valence electrons. The summed E-state index contributed by atoms with van der Waals surface area (Å²) in [7, 11) is 0. The molecule has 0 aliphatic carbocycles. The van der Waals surface area contributed by atoms with Gasteiger partial charge in [0.25, 0.3) is 0 Å². The number of aliphatic hydroxyl groups is 2. The van der Waals surface area contributed by atoms with Gasteiger partial charge in [0.1, 0.15) is 36.8 Å². The Balaban J connectivity index is 1.65. The number of aliphatic hydroxyl groups excluding tert-OH is 2. The number of rotatable bonds is 5. The summed E-state index contributed by atoms with van der Waals surface area (Å²) < 4.78 is 12.4. The maximum Gasteiger partial charge on any atom is 0.305 e. The molecule has 0 saturated carbocycles. The Bertz CT molecular complexity index is 818. The van der Waals surface area contributed by atoms with Crippen LogP contribution in [0.15, 0.2) is 12.7 Å². The smallest absolute Gasteiger partial charge is 0.305 e. The standard InChI is InChI=1S/C17H25N5O5/c1-17(2,3)5-4-10(23)26-6-9-12(24)13(25)16(27-9)22-8-21-11-14(18)19-7-20-15(11)22/h7-9,12-13,16,24-25H,4-6H2,1-3H3,(H2,18,19,20). The molecule has 0 aromatic carbocycles. The lowest BCUT2D eigenvalue weighted by Gasteiger charge is -2.18. The van der Waals surface area contributed by atoms with Crippen LogP contribution in [0.2, 0.25) is 0 Å². The molecule has 4 atom stereocenters. The minimum absolute atomic E-state index is 0.0237. The number of nitrogen functional groups attached to an aromatic ring is 1. The summed E-state index contributed by atoms with van der Waals surface area (Å²) in [5.41, 5.74) is 6.54. The first-order chi connectivity index (χ1) is 12.7. The molecular weight excluding hydrogens is 354 g/mol. The minimum atomic E-state index is -1.24. The topological polar surface area (TPSA) is 146 Å². The van der Waals surface area contributed by atoms with Gasteiger partial charge < -0.3 is 25.4 Å². The van der Waals surface area contributed by atoms with Crippen LogP contribution in [0.25, 0.3) is 11.2 Å². The number of carbonyl (C=O) groups is 1. The highest BCUT2D eigenvalue weighted by Gasteiger charge is 2.45. The van der Waals surface area contributed by atoms with E-state index in [1.54, 1.807) is 0 Å². The Morgan fingerprint density at radius 2 is 2.04 bits per heavy atom. The van der Waals surface area contributed by atoms with E-state index in [0.717, 1.165) is 0 Å². The SMILES string of the molecule is CC(C)(C)CCC(=O)OCC1OC(n2cnc3c(N)ncnc32)C(O)C1O. The number of fused-ring (bicyclic) bond motifs is 1. The summed E-state index contributed by atoms with van der Waals surface area (Å²) in [5.74, 6) is -0.164. The third-order valence-electron chi connectivity index (χ3n) is 4.49. The zero-order chi connectivity index (χ0) is 19.8. The number of nitrogens with two attached hydrogens (primary N) is 1. The molecule has 3 rings (SSSR count). The van der Waals surface area contributed by atoms with Crippen LogP contribution in [-0.2, 0) is 14.3 Å². The Kier molecular flexibility index (Phi) is 5.31. The first-order valence-corrected chi connectivity index (χ1v) is 8.77. The first kappa shape index (κ1) is 19.5. The third kappa shape index (κ3) is 4.18. The van der Waals surface area contributed by atoms with Crippen molar-refractivity contribution < 1.29 is 24.5 Å². The minimum Gasteiger partial charge on any atom is -0.463 e. The largest absolute Gasteiger partial charge is 0.463 e. The quantitative estimate of drug-likeness (QED) is 0.628. The van der Waals surface area contributed by atoms with Gasteiger partial charge in [-0.05, 0) is 11.8 Å². The van der Waals surface area contributed by atoms with E-state index in [1.807, 2.05) is 20.8 Å². The van der Waals surface area contributed by atoms with Crippen molar-refractivity contribution in [3.05, 3.63) is 12.7 Å². The molecule has 3 heterocycles. The molecular formula is C17H25N5O5. The number of hydrogen-bond acceptors (Lipinski definition) is 9. The van der Waals surface area contributed by atoms with Crippen LogP contribution in [0.4, 0.5) is 5.82 Å². The molecule has 10 nitrogen and oxygen atoms in total. The summed E-state index contributed by atoms with van der Waals surface area (Å²) in [4.78, 5) is 24.0. The van der Waals surface area contributed by atoms with E-state index in [2.05, 4.69) is 15.0 Å². The molecule has 0 spiro atoms. The van der Waals surface area contributed by atoms with Crippen LogP contribution >= 0.6 is 0 Å². The number of aromatic nitrogens is 4. The third-order valence-corrected chi connectivity index (χ3v) is 4.49. The van der Waals surface area contributed by atoms with Crippen molar-refractivity contribution in [3.63, 3.8) is 0 Å². The highest BCUT2D eigenvalue weighted by atomic mass is 16.6. The molecule has 2 aromatic heterocycles. The van der Waals surface area contributed by atoms with Crippen molar-refractivity contribution in [1.29, 1.82) is 0 Å². The van der Waals surface area contributed by atoms with E-state index >= 15 is 0 Å². The molecule has 1 saturated heterocycles. The number of carbonyl (C=O) groups excluding carboxylic acids is 1. The molecule has 2 aromatic rings. The molecule has 1 fully saturated rings. The molecule has 10 heteroatoms. The number of anilines is 1. The molecule has 1 aliphatic rings. The fourth-order valence-electron chi connectivity index (χ4n) is 2.88. The lowest BCUT2D eigenvalue weighted by molar-refractivity contribution is -0.150. The fourth-order valence-corrected chi connectivity index (χ4v) is 2.88. The summed E-state index contributed by atoms with van der Waals surface area (Å²) in [6.07, 6.45) is -0.596. The molecule has 0 amide bonds. The lowest BCUT2D eigenvalue weighted by atomic mass is 9.91. The maximum absolute atomic E-state index is 11.9. The molecule has 4 unspecified atom stereocenters. The normalized spacial score (nSPS) is 25.8. The van der Waals surface area contributed by atoms with Crippen molar-refractivity contribution in [2.24, 2.45) is 5.41 Å². The number of nitrogens with zero attached hydrogens (tertiary/aromatic N) is 4. The van der Waals surface area contributed by atoms with Crippen LogP contribution in [0.5, 0.6) is 0 Å². The molecule has 0 bridgehead atoms. The predicted molar refractivity (Wildman–Crippen MR) is 95.3 cm³/mol. The van der Waals surface area contributed by atoms with Gasteiger partial charge in [-0.1, -0.05) is 20.8 Å². The van der Waals surface area contributed by atoms with Crippen LogP contribution in [0.1, 0.15) is 39.8 Å². The number of hydrogen-bond donors (Lipinski definition) is 3. The van der Waals surface area contributed by atoms with Crippen molar-refractivity contribution in [2.75, 3.05) is 12.3 Å². The van der Waals surface area contributed by atoms with Gasteiger partial charge in [0, 0.05) is 6.42 Å². The zero-order valence-corrected chi connectivity index (χ0v) is 15.6. The Morgan fingerprint density at radius 1 is 1.30 bits per heavy atom. The highest BCUT2D eigenvalue weighted by molar-refractivity contribution is 5.81. The average molecular weight is 379 g/mol. The monoisotopic (exact) mass is 379 g/mol. The van der Waals surface area contributed by atoms with E-state index in [-0.39, 0.29) is 30.2 Å². The summed E-state index contributed by atoms with van der Waals surface area (Å²) in [6.45, 7) is 5.96. The molecule has 0 radical (unpaired) electrons. The molecule has 4 N–H and O–H groups in total. The lowest BCUT2D eigenvalue weighted by Crippen LogP contribution is -2.34. The number of esters is 1. The predicted octanol–water partition coefficient (Wildman–Crippen LogP) is 0.397. The second kappa shape index (κ2) is 7.37. The van der Waals surface area contributed by atoms with Crippen molar-refractivity contribution in [2.45, 2.75) is 58.2 Å². The van der Waals surface area contributed by atoms with Crippen molar-refractivity contribution in [1.82, 2.24) is 19.5 Å². The van der Waals surface area contributed by atoms with Crippen LogP contribution < -0.4 is 5.73 Å². The fraction of sp³-hybridized carbons (Fsp3) is 0.647. The Morgan fingerprint density at radius 3 is 2.74 bits per heavy atom. The second-order valence-electron chi connectivity index (χ2n) is 7.87. The van der Waals surface area contributed by atoms with Crippen molar-refractivity contribution in [3.8, 4) is 0 Å². The average Bonchev–Trinajstić information content (AvgIpc) is 3.14. The van der Waals surface area contributed by atoms with E-state index < -0.39 is 24.5 Å². The van der Waals surface area contributed by atoms with Gasteiger partial charge in [-0.25, -0.2) is 15.0 Å². The zero-order valence-electron chi connectivity index (χ0n) is 15.6. The van der Waals surface area contributed by atoms with Gasteiger partial charge in [-0.2, -0.15) is 0 Å². The van der Waals surface area contributed by atoms with Crippen LogP contribution in [-0.4, -0.2) is 60.6 Å². The van der Waals surface area contributed by atoms with Crippen LogP contribution in [0, 0.1) is 5.41 Å². The van der Waals surface area contributed by atoms with E-state index in [4.69, 9.17) is 15.2 Å². The highest BCUT2D eigenvalue weighted by Crippen LogP contribution is 2.32. The van der Waals surface area contributed by atoms with Crippen molar-refractivity contribution >= 4 is 23.0 Å². The summed E-state index contributed by atoms with van der Waals surface area (Å²) in [6, 6.07) is 0. The van der Waals surface area contributed by atoms with E-state index in [9.17, 15) is 15.0 Å². The summed E-state index contributed by atoms with van der Waals surface area (Å²) in [5, 5.41) is 20.6. The van der Waals surface area contributed by atoms with Gasteiger partial charge >= 0.3 is 5.97 Å². The van der Waals surface area contributed by atoms with Gasteiger partial charge in [0.05, 0.1) is 6.33 Å². The van der Waals surface area contributed by atoms with E-state index in [1.165, 1.54) is 17.2 Å². The van der Waals surface area contributed by atoms with Gasteiger partial charge in [-0.3, -0.25) is 9.36 Å². The van der Waals surface area contributed by atoms with Gasteiger partial charge in [-0.15, -0.1) is 0 Å². The first-order valence-electron chi connectivity index (χ1n) is 8.77. The number of ether oxygens (including phenoxy) is 2. The van der Waals surface area contributed by atoms with Gasteiger partial charge in [0.2, 0.25) is 0 Å². The summed E-state index contributed by atoms with van der Waals surface area (Å²) >= 11 is 0. The van der Waals surface area contributed by atoms with Gasteiger partial charge in [0.15, 0.2) is 17.7 Å². The van der Waals surface area contributed by atoms with Crippen LogP contribution in [0.3, 0.4) is 0 Å². The molecule has 1 aliphatic heterocycles.